The minimum Gasteiger partial charge on any atom is -0.466 e. The Morgan fingerprint density at radius 2 is 1.59 bits per heavy atom. The van der Waals surface area contributed by atoms with Crippen molar-refractivity contribution in [2.45, 2.75) is 25.3 Å². The number of nitrogens with zero attached hydrogens (tertiary/aromatic N) is 1. The predicted octanol–water partition coefficient (Wildman–Crippen LogP) is 3.61. The zero-order valence-corrected chi connectivity index (χ0v) is 24.0. The molecule has 44 heavy (non-hydrogen) atoms. The van der Waals surface area contributed by atoms with Crippen LogP contribution in [0.25, 0.3) is 6.08 Å². The molecule has 0 heterocycles. The number of carbonyl (C=O) groups is 4. The van der Waals surface area contributed by atoms with Crippen molar-refractivity contribution in [1.29, 1.82) is 0 Å². The number of anilines is 1. The van der Waals surface area contributed by atoms with Gasteiger partial charge >= 0.3 is 12.1 Å². The molecular weight excluding hydrogens is 570 g/mol. The Balaban J connectivity index is 0.00000159. The van der Waals surface area contributed by atoms with E-state index in [1.165, 1.54) is 13.2 Å². The van der Waals surface area contributed by atoms with E-state index in [0.717, 1.165) is 11.1 Å². The van der Waals surface area contributed by atoms with Crippen LogP contribution in [0.3, 0.4) is 0 Å². The average Bonchev–Trinajstić information content (AvgIpc) is 2.99. The van der Waals surface area contributed by atoms with Gasteiger partial charge in [-0.3, -0.25) is 14.6 Å². The van der Waals surface area contributed by atoms with E-state index in [9.17, 15) is 14.4 Å². The number of benzene rings is 3. The van der Waals surface area contributed by atoms with E-state index in [-0.39, 0.29) is 30.6 Å². The number of carbonyl (C=O) groups excluding carboxylic acids is 3. The molecule has 3 rings (SSSR count). The molecule has 1 atom stereocenters. The SMILES string of the molecule is COC(=O)C=Cc1ccc(NC(=O)C(Cc2cccc(Oc3ccccc3)c2)NC(=O)CCCN=C(N)N)cc1.O=C(O)O. The number of esters is 1. The lowest BCUT2D eigenvalue weighted by molar-refractivity contribution is -0.134. The monoisotopic (exact) mass is 605 g/mol. The highest BCUT2D eigenvalue weighted by Gasteiger charge is 2.22. The lowest BCUT2D eigenvalue weighted by Gasteiger charge is -2.19. The first-order valence-corrected chi connectivity index (χ1v) is 13.3. The average molecular weight is 606 g/mol. The van der Waals surface area contributed by atoms with Gasteiger partial charge in [0.25, 0.3) is 0 Å². The van der Waals surface area contributed by atoms with E-state index in [1.807, 2.05) is 54.6 Å². The van der Waals surface area contributed by atoms with Crippen LogP contribution in [0.1, 0.15) is 24.0 Å². The Hall–Kier alpha value is -5.85. The maximum absolute atomic E-state index is 13.3. The van der Waals surface area contributed by atoms with Crippen LogP contribution in [0.15, 0.2) is 89.9 Å². The molecule has 13 nitrogen and oxygen atoms in total. The van der Waals surface area contributed by atoms with Crippen molar-refractivity contribution in [2.24, 2.45) is 16.5 Å². The first kappa shape index (κ1) is 34.4. The highest BCUT2D eigenvalue weighted by Crippen LogP contribution is 2.22. The molecule has 0 radical (unpaired) electrons. The van der Waals surface area contributed by atoms with Crippen molar-refractivity contribution < 1.29 is 38.9 Å². The van der Waals surface area contributed by atoms with Crippen LogP contribution in [0.2, 0.25) is 0 Å². The normalized spacial score (nSPS) is 10.8. The quantitative estimate of drug-likeness (QED) is 0.0547. The maximum atomic E-state index is 13.3. The van der Waals surface area contributed by atoms with Crippen molar-refractivity contribution in [3.63, 3.8) is 0 Å². The number of methoxy groups -OCH3 is 1. The number of carboxylic acid groups (broad SMARTS) is 2. The molecule has 2 amide bonds. The fraction of sp³-hybridized carbons (Fsp3) is 0.194. The third-order valence-electron chi connectivity index (χ3n) is 5.62. The Bertz CT molecular complexity index is 1430. The molecular formula is C31H35N5O8. The van der Waals surface area contributed by atoms with Crippen LogP contribution in [0.5, 0.6) is 11.5 Å². The van der Waals surface area contributed by atoms with E-state index in [4.69, 9.17) is 31.2 Å². The van der Waals surface area contributed by atoms with Gasteiger partial charge in [-0.15, -0.1) is 0 Å². The number of aliphatic imine (C=N–C) groups is 1. The van der Waals surface area contributed by atoms with Crippen LogP contribution in [-0.2, 0) is 25.5 Å². The van der Waals surface area contributed by atoms with Crippen molar-refractivity contribution in [1.82, 2.24) is 5.32 Å². The molecule has 0 aliphatic rings. The molecule has 0 aliphatic carbocycles. The molecule has 0 spiro atoms. The first-order valence-electron chi connectivity index (χ1n) is 13.3. The highest BCUT2D eigenvalue weighted by molar-refractivity contribution is 5.97. The number of hydrogen-bond acceptors (Lipinski definition) is 7. The number of nitrogens with one attached hydrogen (secondary N) is 2. The third kappa shape index (κ3) is 14.2. The van der Waals surface area contributed by atoms with Gasteiger partial charge in [-0.05, 0) is 60.0 Å². The molecule has 0 saturated carbocycles. The second-order valence-electron chi connectivity index (χ2n) is 9.05. The van der Waals surface area contributed by atoms with Crippen LogP contribution in [-0.4, -0.2) is 59.8 Å². The van der Waals surface area contributed by atoms with E-state index in [0.29, 0.717) is 30.2 Å². The molecule has 8 N–H and O–H groups in total. The van der Waals surface area contributed by atoms with Gasteiger partial charge in [0.15, 0.2) is 5.96 Å². The summed E-state index contributed by atoms with van der Waals surface area (Å²) in [7, 11) is 1.30. The summed E-state index contributed by atoms with van der Waals surface area (Å²) in [6.45, 7) is 0.308. The molecule has 3 aromatic rings. The van der Waals surface area contributed by atoms with Gasteiger partial charge in [-0.1, -0.05) is 42.5 Å². The minimum absolute atomic E-state index is 0.0397. The Morgan fingerprint density at radius 1 is 0.932 bits per heavy atom. The highest BCUT2D eigenvalue weighted by atomic mass is 16.6. The number of para-hydroxylation sites is 1. The molecule has 0 aromatic heterocycles. The number of amides is 2. The predicted molar refractivity (Wildman–Crippen MR) is 165 cm³/mol. The summed E-state index contributed by atoms with van der Waals surface area (Å²) in [5.41, 5.74) is 12.8. The van der Waals surface area contributed by atoms with Crippen LogP contribution < -0.4 is 26.8 Å². The van der Waals surface area contributed by atoms with E-state index in [2.05, 4.69) is 20.4 Å². The lowest BCUT2D eigenvalue weighted by atomic mass is 10.0. The van der Waals surface area contributed by atoms with Gasteiger partial charge in [0.2, 0.25) is 11.8 Å². The Kier molecular flexibility index (Phi) is 14.5. The Morgan fingerprint density at radius 3 is 2.23 bits per heavy atom. The summed E-state index contributed by atoms with van der Waals surface area (Å²) in [6, 6.07) is 22.8. The first-order chi connectivity index (χ1) is 21.0. The van der Waals surface area contributed by atoms with Crippen LogP contribution >= 0.6 is 0 Å². The summed E-state index contributed by atoms with van der Waals surface area (Å²) >= 11 is 0. The standard InChI is InChI=1S/C30H33N5O5.CH2O3/c1-39-28(37)17-14-21-12-15-23(16-13-21)34-29(38)26(35-27(36)11-6-18-33-30(31)32)20-22-7-5-10-25(19-22)40-24-8-3-2-4-9-24;2-1(3)4/h2-5,7-10,12-17,19,26H,6,11,18,20H2,1H3,(H,34,38)(H,35,36)(H4,31,32,33);(H2,2,3,4). The number of hydrogen-bond donors (Lipinski definition) is 6. The van der Waals surface area contributed by atoms with Gasteiger partial charge in [0.05, 0.1) is 7.11 Å². The fourth-order valence-electron chi connectivity index (χ4n) is 3.66. The van der Waals surface area contributed by atoms with Crippen LogP contribution in [0.4, 0.5) is 10.5 Å². The number of rotatable bonds is 13. The summed E-state index contributed by atoms with van der Waals surface area (Å²) < 4.78 is 10.5. The van der Waals surface area contributed by atoms with Gasteiger partial charge in [-0.25, -0.2) is 9.59 Å². The maximum Gasteiger partial charge on any atom is 0.503 e. The molecule has 0 bridgehead atoms. The molecule has 3 aromatic carbocycles. The molecule has 1 unspecified atom stereocenters. The summed E-state index contributed by atoms with van der Waals surface area (Å²) in [4.78, 5) is 49.7. The smallest absolute Gasteiger partial charge is 0.466 e. The minimum atomic E-state index is -1.83. The van der Waals surface area contributed by atoms with E-state index >= 15 is 0 Å². The van der Waals surface area contributed by atoms with E-state index in [1.54, 1.807) is 30.3 Å². The van der Waals surface area contributed by atoms with Crippen molar-refractivity contribution in [3.8, 4) is 11.5 Å². The lowest BCUT2D eigenvalue weighted by Crippen LogP contribution is -2.45. The van der Waals surface area contributed by atoms with Gasteiger partial charge < -0.3 is 41.8 Å². The van der Waals surface area contributed by atoms with Crippen LogP contribution in [0, 0.1) is 0 Å². The zero-order valence-electron chi connectivity index (χ0n) is 24.0. The molecule has 232 valence electrons. The second kappa shape index (κ2) is 18.6. The van der Waals surface area contributed by atoms with E-state index < -0.39 is 18.2 Å². The number of ether oxygens (including phenoxy) is 2. The molecule has 13 heteroatoms. The summed E-state index contributed by atoms with van der Waals surface area (Å²) in [6.07, 6.45) is 1.89. The summed E-state index contributed by atoms with van der Waals surface area (Å²) in [5.74, 6) is 0.111. The number of guanidine groups is 1. The van der Waals surface area contributed by atoms with Gasteiger partial charge in [-0.2, -0.15) is 0 Å². The fourth-order valence-corrected chi connectivity index (χ4v) is 3.66. The van der Waals surface area contributed by atoms with Gasteiger partial charge in [0.1, 0.15) is 17.5 Å². The Labute approximate surface area is 254 Å². The van der Waals surface area contributed by atoms with Gasteiger partial charge in [0, 0.05) is 31.1 Å². The van der Waals surface area contributed by atoms with Crippen molar-refractivity contribution >= 4 is 41.7 Å². The molecule has 0 fully saturated rings. The molecule has 0 saturated heterocycles. The van der Waals surface area contributed by atoms with Crippen molar-refractivity contribution in [3.05, 3.63) is 96.1 Å². The topological polar surface area (TPSA) is 216 Å². The third-order valence-corrected chi connectivity index (χ3v) is 5.62. The largest absolute Gasteiger partial charge is 0.503 e. The molecule has 0 aliphatic heterocycles. The zero-order chi connectivity index (χ0) is 32.3. The van der Waals surface area contributed by atoms with Crippen molar-refractivity contribution in [2.75, 3.05) is 19.0 Å². The summed E-state index contributed by atoms with van der Waals surface area (Å²) in [5, 5.41) is 19.6. The number of nitrogens with two attached hydrogens (primary N) is 2. The second-order valence-corrected chi connectivity index (χ2v) is 9.05.